The molecular formula is C15H24N4O3. The summed E-state index contributed by atoms with van der Waals surface area (Å²) in [5, 5.41) is 9.61. The van der Waals surface area contributed by atoms with Gasteiger partial charge in [0.1, 0.15) is 5.76 Å². The molecule has 1 aromatic rings. The van der Waals surface area contributed by atoms with E-state index in [1.165, 1.54) is 4.90 Å². The summed E-state index contributed by atoms with van der Waals surface area (Å²) in [7, 11) is 1.65. The summed E-state index contributed by atoms with van der Waals surface area (Å²) in [4.78, 5) is 25.4. The smallest absolute Gasteiger partial charge is 0.245 e. The molecule has 0 bridgehead atoms. The molecule has 0 aliphatic carbocycles. The first-order chi connectivity index (χ1) is 10.5. The van der Waals surface area contributed by atoms with Gasteiger partial charge in [0.25, 0.3) is 0 Å². The summed E-state index contributed by atoms with van der Waals surface area (Å²) in [5.74, 6) is 1.35. The van der Waals surface area contributed by atoms with E-state index in [1.807, 2.05) is 0 Å². The molecule has 7 nitrogen and oxygen atoms in total. The van der Waals surface area contributed by atoms with Crippen LogP contribution in [0.15, 0.2) is 10.6 Å². The molecule has 0 saturated carbocycles. The summed E-state index contributed by atoms with van der Waals surface area (Å²) >= 11 is 0. The maximum absolute atomic E-state index is 12.1. The molecule has 1 fully saturated rings. The van der Waals surface area contributed by atoms with Crippen LogP contribution in [0.3, 0.4) is 0 Å². The summed E-state index contributed by atoms with van der Waals surface area (Å²) in [6, 6.07) is 1.64. The number of aryl methyl sites for hydroxylation is 1. The fourth-order valence-electron chi connectivity index (χ4n) is 2.60. The molecule has 2 rings (SSSR count). The fraction of sp³-hybridized carbons (Fsp3) is 0.667. The monoisotopic (exact) mass is 308 g/mol. The van der Waals surface area contributed by atoms with Crippen molar-refractivity contribution in [3.05, 3.63) is 11.8 Å². The molecule has 2 amide bonds. The van der Waals surface area contributed by atoms with Gasteiger partial charge >= 0.3 is 0 Å². The van der Waals surface area contributed by atoms with E-state index in [0.29, 0.717) is 23.9 Å². The zero-order chi connectivity index (χ0) is 15.9. The minimum Gasteiger partial charge on any atom is -0.360 e. The Morgan fingerprint density at radius 2 is 2.18 bits per heavy atom. The summed E-state index contributed by atoms with van der Waals surface area (Å²) in [5.41, 5.74) is 0. The van der Waals surface area contributed by atoms with Gasteiger partial charge in [-0.15, -0.1) is 0 Å². The number of carbonyl (C=O) groups is 2. The number of likely N-dealkylation sites (N-methyl/N-ethyl adjacent to an activating group) is 1. The Balaban J connectivity index is 1.69. The lowest BCUT2D eigenvalue weighted by molar-refractivity contribution is -0.133. The highest BCUT2D eigenvalue weighted by Crippen LogP contribution is 2.18. The van der Waals surface area contributed by atoms with Crippen molar-refractivity contribution >= 4 is 17.6 Å². The lowest BCUT2D eigenvalue weighted by Crippen LogP contribution is -2.35. The molecule has 122 valence electrons. The SMILES string of the molecule is Cc1cc(NC(=O)CN(C)C(=O)CCC2CCNCC2)no1. The molecule has 0 radical (unpaired) electrons. The maximum atomic E-state index is 12.1. The van der Waals surface area contributed by atoms with E-state index in [0.717, 1.165) is 32.4 Å². The lowest BCUT2D eigenvalue weighted by Gasteiger charge is -2.23. The van der Waals surface area contributed by atoms with Gasteiger partial charge in [-0.2, -0.15) is 0 Å². The van der Waals surface area contributed by atoms with Crippen molar-refractivity contribution in [1.82, 2.24) is 15.4 Å². The summed E-state index contributed by atoms with van der Waals surface area (Å²) in [6.07, 6.45) is 3.65. The maximum Gasteiger partial charge on any atom is 0.245 e. The van der Waals surface area contributed by atoms with Crippen molar-refractivity contribution in [3.8, 4) is 0 Å². The molecule has 1 aromatic heterocycles. The third-order valence-electron chi connectivity index (χ3n) is 3.93. The van der Waals surface area contributed by atoms with Crippen LogP contribution in [0, 0.1) is 12.8 Å². The van der Waals surface area contributed by atoms with Crippen LogP contribution < -0.4 is 10.6 Å². The zero-order valence-corrected chi connectivity index (χ0v) is 13.2. The van der Waals surface area contributed by atoms with Crippen LogP contribution in [0.25, 0.3) is 0 Å². The number of nitrogens with one attached hydrogen (secondary N) is 2. The number of amides is 2. The normalized spacial score (nSPS) is 15.5. The molecule has 1 aliphatic rings. The molecule has 2 N–H and O–H groups in total. The average Bonchev–Trinajstić information content (AvgIpc) is 2.90. The van der Waals surface area contributed by atoms with E-state index in [1.54, 1.807) is 20.0 Å². The van der Waals surface area contributed by atoms with Gasteiger partial charge in [0, 0.05) is 19.5 Å². The number of piperidine rings is 1. The standard InChI is InChI=1S/C15H24N4O3/c1-11-9-13(18-22-11)17-14(20)10-19(2)15(21)4-3-12-5-7-16-8-6-12/h9,12,16H,3-8,10H2,1-2H3,(H,17,18,20). The highest BCUT2D eigenvalue weighted by molar-refractivity contribution is 5.93. The Kier molecular flexibility index (Phi) is 5.94. The Bertz CT molecular complexity index is 509. The highest BCUT2D eigenvalue weighted by atomic mass is 16.5. The van der Waals surface area contributed by atoms with Crippen LogP contribution in [0.2, 0.25) is 0 Å². The van der Waals surface area contributed by atoms with E-state index >= 15 is 0 Å². The van der Waals surface area contributed by atoms with Crippen molar-refractivity contribution < 1.29 is 14.1 Å². The van der Waals surface area contributed by atoms with Crippen molar-refractivity contribution in [1.29, 1.82) is 0 Å². The molecule has 2 heterocycles. The highest BCUT2D eigenvalue weighted by Gasteiger charge is 2.18. The van der Waals surface area contributed by atoms with E-state index in [4.69, 9.17) is 4.52 Å². The summed E-state index contributed by atoms with van der Waals surface area (Å²) in [6.45, 7) is 3.85. The molecule has 1 aliphatic heterocycles. The zero-order valence-electron chi connectivity index (χ0n) is 13.2. The second kappa shape index (κ2) is 7.93. The molecule has 1 saturated heterocycles. The van der Waals surface area contributed by atoms with Crippen LogP contribution in [0.1, 0.15) is 31.4 Å². The molecular weight excluding hydrogens is 284 g/mol. The predicted molar refractivity (Wildman–Crippen MR) is 82.3 cm³/mol. The second-order valence-corrected chi connectivity index (χ2v) is 5.85. The van der Waals surface area contributed by atoms with E-state index in [2.05, 4.69) is 15.8 Å². The quantitative estimate of drug-likeness (QED) is 0.823. The number of nitrogens with zero attached hydrogens (tertiary/aromatic N) is 2. The number of anilines is 1. The van der Waals surface area contributed by atoms with Crippen molar-refractivity contribution in [3.63, 3.8) is 0 Å². The van der Waals surface area contributed by atoms with Gasteiger partial charge in [0.05, 0.1) is 6.54 Å². The Labute approximate surface area is 130 Å². The average molecular weight is 308 g/mol. The summed E-state index contributed by atoms with van der Waals surface area (Å²) < 4.78 is 4.87. The first-order valence-electron chi connectivity index (χ1n) is 7.72. The Morgan fingerprint density at radius 3 is 2.82 bits per heavy atom. The molecule has 22 heavy (non-hydrogen) atoms. The molecule has 0 spiro atoms. The Hall–Kier alpha value is -1.89. The third kappa shape index (κ3) is 5.14. The van der Waals surface area contributed by atoms with Gasteiger partial charge in [-0.25, -0.2) is 0 Å². The molecule has 0 aromatic carbocycles. The van der Waals surface area contributed by atoms with Gasteiger partial charge in [-0.3, -0.25) is 9.59 Å². The minimum atomic E-state index is -0.272. The van der Waals surface area contributed by atoms with Gasteiger partial charge in [0.2, 0.25) is 11.8 Å². The Morgan fingerprint density at radius 1 is 1.45 bits per heavy atom. The van der Waals surface area contributed by atoms with Gasteiger partial charge in [-0.05, 0) is 45.2 Å². The first kappa shape index (κ1) is 16.5. The van der Waals surface area contributed by atoms with Crippen molar-refractivity contribution in [2.45, 2.75) is 32.6 Å². The second-order valence-electron chi connectivity index (χ2n) is 5.85. The lowest BCUT2D eigenvalue weighted by atomic mass is 9.93. The van der Waals surface area contributed by atoms with Crippen molar-refractivity contribution in [2.75, 3.05) is 32.0 Å². The van der Waals surface area contributed by atoms with E-state index in [-0.39, 0.29) is 18.4 Å². The number of carbonyl (C=O) groups excluding carboxylic acids is 2. The first-order valence-corrected chi connectivity index (χ1v) is 7.72. The predicted octanol–water partition coefficient (Wildman–Crippen LogP) is 1.16. The van der Waals surface area contributed by atoms with Crippen LogP contribution in [0.4, 0.5) is 5.82 Å². The molecule has 0 atom stereocenters. The third-order valence-corrected chi connectivity index (χ3v) is 3.93. The van der Waals surface area contributed by atoms with Crippen LogP contribution in [-0.4, -0.2) is 48.6 Å². The topological polar surface area (TPSA) is 87.5 Å². The number of hydrogen-bond donors (Lipinski definition) is 2. The van der Waals surface area contributed by atoms with E-state index in [9.17, 15) is 9.59 Å². The van der Waals surface area contributed by atoms with Crippen LogP contribution in [0.5, 0.6) is 0 Å². The minimum absolute atomic E-state index is 0.00464. The van der Waals surface area contributed by atoms with Crippen molar-refractivity contribution in [2.24, 2.45) is 5.92 Å². The number of hydrogen-bond acceptors (Lipinski definition) is 5. The van der Waals surface area contributed by atoms with Crippen LogP contribution in [-0.2, 0) is 9.59 Å². The fourth-order valence-corrected chi connectivity index (χ4v) is 2.60. The number of rotatable bonds is 6. The van der Waals surface area contributed by atoms with Gasteiger partial charge < -0.3 is 20.1 Å². The largest absolute Gasteiger partial charge is 0.360 e. The van der Waals surface area contributed by atoms with Gasteiger partial charge in [0.15, 0.2) is 5.82 Å². The van der Waals surface area contributed by atoms with Crippen LogP contribution >= 0.6 is 0 Å². The van der Waals surface area contributed by atoms with Gasteiger partial charge in [-0.1, -0.05) is 5.16 Å². The van der Waals surface area contributed by atoms with E-state index < -0.39 is 0 Å². The molecule has 7 heteroatoms. The number of aromatic nitrogens is 1. The molecule has 0 unspecified atom stereocenters.